The molecule has 6 heteroatoms. The monoisotopic (exact) mass is 339 g/mol. The van der Waals surface area contributed by atoms with E-state index in [-0.39, 0.29) is 11.4 Å². The number of aliphatic hydroxyl groups is 1. The molecular formula is C19H18FN3O2. The van der Waals surface area contributed by atoms with E-state index in [4.69, 9.17) is 5.73 Å². The van der Waals surface area contributed by atoms with Gasteiger partial charge in [0.1, 0.15) is 17.0 Å². The molecule has 2 heterocycles. The zero-order chi connectivity index (χ0) is 18.4. The van der Waals surface area contributed by atoms with Crippen molar-refractivity contribution in [1.82, 2.24) is 9.97 Å². The molecule has 5 nitrogen and oxygen atoms in total. The highest BCUT2D eigenvalue weighted by molar-refractivity contribution is 6.05. The lowest BCUT2D eigenvalue weighted by Gasteiger charge is -2.19. The number of rotatable bonds is 3. The molecule has 0 unspecified atom stereocenters. The van der Waals surface area contributed by atoms with Gasteiger partial charge in [-0.2, -0.15) is 0 Å². The zero-order valence-corrected chi connectivity index (χ0v) is 14.2. The van der Waals surface area contributed by atoms with Crippen molar-refractivity contribution in [2.24, 2.45) is 5.73 Å². The lowest BCUT2D eigenvalue weighted by Crippen LogP contribution is -2.20. The van der Waals surface area contributed by atoms with Crippen molar-refractivity contribution in [3.63, 3.8) is 0 Å². The van der Waals surface area contributed by atoms with E-state index in [0.717, 1.165) is 5.39 Å². The minimum absolute atomic E-state index is 0.00553. The van der Waals surface area contributed by atoms with Gasteiger partial charge in [-0.15, -0.1) is 0 Å². The minimum atomic E-state index is -1.38. The SMILES string of the molecule is Cc1c(-c2ccc3ccnc(C(N)=O)c3c2)cnc(C(C)(C)O)c1F. The van der Waals surface area contributed by atoms with E-state index in [1.54, 1.807) is 19.1 Å². The number of benzene rings is 1. The van der Waals surface area contributed by atoms with Gasteiger partial charge in [0.05, 0.1) is 0 Å². The summed E-state index contributed by atoms with van der Waals surface area (Å²) in [6.45, 7) is 4.60. The van der Waals surface area contributed by atoms with Crippen LogP contribution in [-0.4, -0.2) is 21.0 Å². The molecule has 0 aliphatic rings. The molecule has 0 aliphatic heterocycles. The third-order valence-electron chi connectivity index (χ3n) is 4.15. The lowest BCUT2D eigenvalue weighted by atomic mass is 9.95. The second-order valence-corrected chi connectivity index (χ2v) is 6.48. The summed E-state index contributed by atoms with van der Waals surface area (Å²) in [5, 5.41) is 11.4. The first kappa shape index (κ1) is 17.0. The second kappa shape index (κ2) is 5.89. The van der Waals surface area contributed by atoms with E-state index in [2.05, 4.69) is 9.97 Å². The van der Waals surface area contributed by atoms with Crippen LogP contribution in [-0.2, 0) is 5.60 Å². The maximum Gasteiger partial charge on any atom is 0.267 e. The number of aromatic nitrogens is 2. The molecule has 3 N–H and O–H groups in total. The summed E-state index contributed by atoms with van der Waals surface area (Å²) >= 11 is 0. The number of carbonyl (C=O) groups is 1. The van der Waals surface area contributed by atoms with Crippen LogP contribution < -0.4 is 5.73 Å². The Morgan fingerprint density at radius 2 is 1.96 bits per heavy atom. The largest absolute Gasteiger partial charge is 0.384 e. The average molecular weight is 339 g/mol. The fraction of sp³-hybridized carbons (Fsp3) is 0.211. The van der Waals surface area contributed by atoms with E-state index in [1.807, 2.05) is 12.1 Å². The van der Waals surface area contributed by atoms with Crippen LogP contribution in [0.2, 0.25) is 0 Å². The van der Waals surface area contributed by atoms with Crippen molar-refractivity contribution in [3.8, 4) is 11.1 Å². The van der Waals surface area contributed by atoms with Gasteiger partial charge in [0.15, 0.2) is 5.82 Å². The second-order valence-electron chi connectivity index (χ2n) is 6.48. The number of hydrogen-bond donors (Lipinski definition) is 2. The maximum atomic E-state index is 14.7. The summed E-state index contributed by atoms with van der Waals surface area (Å²) in [6, 6.07) is 7.16. The zero-order valence-electron chi connectivity index (χ0n) is 14.2. The standard InChI is InChI=1S/C19H18FN3O2/c1-10-14(9-23-17(15(10)20)19(2,3)25)12-5-4-11-6-7-22-16(18(21)24)13(11)8-12/h4-9,25H,1-3H3,(H2,21,24). The molecule has 3 aromatic rings. The number of pyridine rings is 2. The Balaban J connectivity index is 2.22. The Morgan fingerprint density at radius 1 is 1.24 bits per heavy atom. The Kier molecular flexibility index (Phi) is 4.00. The number of amides is 1. The number of hydrogen-bond acceptors (Lipinski definition) is 4. The molecule has 0 atom stereocenters. The van der Waals surface area contributed by atoms with Gasteiger partial charge in [0.25, 0.3) is 5.91 Å². The Labute approximate surface area is 144 Å². The predicted octanol–water partition coefficient (Wildman–Crippen LogP) is 3.07. The quantitative estimate of drug-likeness (QED) is 0.767. The van der Waals surface area contributed by atoms with Crippen molar-refractivity contribution in [2.45, 2.75) is 26.4 Å². The normalized spacial score (nSPS) is 11.7. The van der Waals surface area contributed by atoms with Gasteiger partial charge < -0.3 is 10.8 Å². The molecule has 0 radical (unpaired) electrons. The van der Waals surface area contributed by atoms with E-state index in [1.165, 1.54) is 26.2 Å². The summed E-state index contributed by atoms with van der Waals surface area (Å²) in [5.41, 5.74) is 5.81. The number of nitrogens with two attached hydrogens (primary N) is 1. The predicted molar refractivity (Wildman–Crippen MR) is 93.4 cm³/mol. The molecule has 0 fully saturated rings. The fourth-order valence-corrected chi connectivity index (χ4v) is 2.83. The van der Waals surface area contributed by atoms with Crippen LogP contribution in [0.1, 0.15) is 35.6 Å². The van der Waals surface area contributed by atoms with Gasteiger partial charge in [-0.25, -0.2) is 4.39 Å². The molecule has 0 aliphatic carbocycles. The highest BCUT2D eigenvalue weighted by Crippen LogP contribution is 2.31. The fourth-order valence-electron chi connectivity index (χ4n) is 2.83. The Bertz CT molecular complexity index is 994. The van der Waals surface area contributed by atoms with E-state index in [0.29, 0.717) is 22.1 Å². The first-order chi connectivity index (χ1) is 11.7. The van der Waals surface area contributed by atoms with Crippen molar-refractivity contribution >= 4 is 16.7 Å². The molecule has 0 spiro atoms. The first-order valence-electron chi connectivity index (χ1n) is 7.77. The van der Waals surface area contributed by atoms with Gasteiger partial charge in [-0.05, 0) is 49.4 Å². The van der Waals surface area contributed by atoms with Crippen LogP contribution in [0.3, 0.4) is 0 Å². The Hall–Kier alpha value is -2.86. The number of halogens is 1. The van der Waals surface area contributed by atoms with Crippen LogP contribution in [0.15, 0.2) is 36.7 Å². The third-order valence-corrected chi connectivity index (χ3v) is 4.15. The van der Waals surface area contributed by atoms with E-state index >= 15 is 0 Å². The van der Waals surface area contributed by atoms with Gasteiger partial charge in [-0.3, -0.25) is 14.8 Å². The van der Waals surface area contributed by atoms with E-state index in [9.17, 15) is 14.3 Å². The number of carbonyl (C=O) groups excluding carboxylic acids is 1. The van der Waals surface area contributed by atoms with Crippen molar-refractivity contribution < 1.29 is 14.3 Å². The maximum absolute atomic E-state index is 14.7. The molecule has 2 aromatic heterocycles. The molecule has 128 valence electrons. The molecule has 1 amide bonds. The van der Waals surface area contributed by atoms with Gasteiger partial charge >= 0.3 is 0 Å². The summed E-state index contributed by atoms with van der Waals surface area (Å²) in [6.07, 6.45) is 3.04. The number of nitrogens with zero attached hydrogens (tertiary/aromatic N) is 2. The van der Waals surface area contributed by atoms with Crippen LogP contribution in [0.5, 0.6) is 0 Å². The average Bonchev–Trinajstić information content (AvgIpc) is 2.55. The smallest absolute Gasteiger partial charge is 0.267 e. The van der Waals surface area contributed by atoms with Gasteiger partial charge in [-0.1, -0.05) is 12.1 Å². The highest BCUT2D eigenvalue weighted by Gasteiger charge is 2.25. The van der Waals surface area contributed by atoms with Gasteiger partial charge in [0, 0.05) is 23.3 Å². The lowest BCUT2D eigenvalue weighted by molar-refractivity contribution is 0.0693. The van der Waals surface area contributed by atoms with Crippen LogP contribution in [0.4, 0.5) is 4.39 Å². The summed E-state index contributed by atoms with van der Waals surface area (Å²) in [7, 11) is 0. The van der Waals surface area contributed by atoms with Crippen LogP contribution in [0.25, 0.3) is 21.9 Å². The molecule has 0 saturated carbocycles. The molecule has 3 rings (SSSR count). The van der Waals surface area contributed by atoms with Crippen molar-refractivity contribution in [3.05, 3.63) is 59.4 Å². The Morgan fingerprint density at radius 3 is 2.60 bits per heavy atom. The molecule has 25 heavy (non-hydrogen) atoms. The van der Waals surface area contributed by atoms with Crippen molar-refractivity contribution in [1.29, 1.82) is 0 Å². The molecular weight excluding hydrogens is 321 g/mol. The highest BCUT2D eigenvalue weighted by atomic mass is 19.1. The summed E-state index contributed by atoms with van der Waals surface area (Å²) in [5.74, 6) is -1.17. The molecule has 0 saturated heterocycles. The number of primary amides is 1. The minimum Gasteiger partial charge on any atom is -0.384 e. The summed E-state index contributed by atoms with van der Waals surface area (Å²) < 4.78 is 14.7. The molecule has 0 bridgehead atoms. The van der Waals surface area contributed by atoms with Crippen LogP contribution >= 0.6 is 0 Å². The summed E-state index contributed by atoms with van der Waals surface area (Å²) in [4.78, 5) is 19.7. The topological polar surface area (TPSA) is 89.1 Å². The number of fused-ring (bicyclic) bond motifs is 1. The van der Waals surface area contributed by atoms with Crippen molar-refractivity contribution in [2.75, 3.05) is 0 Å². The van der Waals surface area contributed by atoms with Crippen LogP contribution in [0, 0.1) is 12.7 Å². The van der Waals surface area contributed by atoms with Gasteiger partial charge in [0.2, 0.25) is 0 Å². The third kappa shape index (κ3) is 2.96. The van der Waals surface area contributed by atoms with E-state index < -0.39 is 17.3 Å². The molecule has 1 aromatic carbocycles. The first-order valence-corrected chi connectivity index (χ1v) is 7.77.